The quantitative estimate of drug-likeness (QED) is 0.699. The summed E-state index contributed by atoms with van der Waals surface area (Å²) in [4.78, 5) is 26.5. The van der Waals surface area contributed by atoms with Gasteiger partial charge in [-0.05, 0) is 51.4 Å². The van der Waals surface area contributed by atoms with Crippen molar-refractivity contribution >= 4 is 11.9 Å². The minimum atomic E-state index is -0.229. The molecule has 1 saturated heterocycles. The standard InChI is InChI=1S/C20H30N2O5/c1-5-27-20(24)15-7-6-10-22(12-15)13-19(23)21-14(2)17-11-16(25-3)8-9-18(17)26-4/h8-9,11,14-15H,5-7,10,12-13H2,1-4H3,(H,21,23). The molecule has 1 N–H and O–H groups in total. The van der Waals surface area contributed by atoms with Gasteiger partial charge in [0.25, 0.3) is 0 Å². The highest BCUT2D eigenvalue weighted by Gasteiger charge is 2.28. The maximum Gasteiger partial charge on any atom is 0.310 e. The molecule has 0 radical (unpaired) electrons. The molecule has 1 aromatic carbocycles. The molecule has 0 aromatic heterocycles. The molecular weight excluding hydrogens is 348 g/mol. The number of piperidine rings is 1. The van der Waals surface area contributed by atoms with Gasteiger partial charge in [-0.1, -0.05) is 0 Å². The Morgan fingerprint density at radius 1 is 1.30 bits per heavy atom. The van der Waals surface area contributed by atoms with Crippen LogP contribution in [0, 0.1) is 5.92 Å². The topological polar surface area (TPSA) is 77.1 Å². The average Bonchev–Trinajstić information content (AvgIpc) is 2.67. The Bertz CT molecular complexity index is 649. The number of rotatable bonds is 8. The summed E-state index contributed by atoms with van der Waals surface area (Å²) in [6.07, 6.45) is 1.70. The Hall–Kier alpha value is -2.28. The summed E-state index contributed by atoms with van der Waals surface area (Å²) in [5.74, 6) is 1.00. The number of nitrogens with zero attached hydrogens (tertiary/aromatic N) is 1. The van der Waals surface area contributed by atoms with Crippen LogP contribution < -0.4 is 14.8 Å². The molecule has 1 aliphatic heterocycles. The number of esters is 1. The molecule has 0 bridgehead atoms. The van der Waals surface area contributed by atoms with Crippen LogP contribution in [0.5, 0.6) is 11.5 Å². The number of benzene rings is 1. The zero-order chi connectivity index (χ0) is 19.8. The number of ether oxygens (including phenoxy) is 3. The van der Waals surface area contributed by atoms with Gasteiger partial charge >= 0.3 is 5.97 Å². The van der Waals surface area contributed by atoms with Crippen LogP contribution >= 0.6 is 0 Å². The van der Waals surface area contributed by atoms with Crippen molar-refractivity contribution in [2.75, 3.05) is 40.5 Å². The molecule has 2 atom stereocenters. The van der Waals surface area contributed by atoms with Crippen LogP contribution in [0.2, 0.25) is 0 Å². The molecular formula is C20H30N2O5. The van der Waals surface area contributed by atoms with Gasteiger partial charge in [-0.25, -0.2) is 0 Å². The normalized spacial score (nSPS) is 18.4. The fourth-order valence-electron chi connectivity index (χ4n) is 3.40. The van der Waals surface area contributed by atoms with Crippen LogP contribution in [0.4, 0.5) is 0 Å². The van der Waals surface area contributed by atoms with Crippen LogP contribution in [0.3, 0.4) is 0 Å². The van der Waals surface area contributed by atoms with E-state index in [0.717, 1.165) is 24.9 Å². The van der Waals surface area contributed by atoms with Crippen molar-refractivity contribution in [3.05, 3.63) is 23.8 Å². The van der Waals surface area contributed by atoms with Crippen molar-refractivity contribution in [2.24, 2.45) is 5.92 Å². The minimum Gasteiger partial charge on any atom is -0.497 e. The number of hydrogen-bond acceptors (Lipinski definition) is 6. The predicted molar refractivity (Wildman–Crippen MR) is 102 cm³/mol. The van der Waals surface area contributed by atoms with Gasteiger partial charge in [0.1, 0.15) is 11.5 Å². The second kappa shape index (κ2) is 10.2. The molecule has 1 heterocycles. The SMILES string of the molecule is CCOC(=O)C1CCCN(CC(=O)NC(C)c2cc(OC)ccc2OC)C1. The highest BCUT2D eigenvalue weighted by Crippen LogP contribution is 2.29. The van der Waals surface area contributed by atoms with E-state index < -0.39 is 0 Å². The van der Waals surface area contributed by atoms with E-state index in [0.29, 0.717) is 24.7 Å². The smallest absolute Gasteiger partial charge is 0.310 e. The van der Waals surface area contributed by atoms with E-state index in [2.05, 4.69) is 5.32 Å². The van der Waals surface area contributed by atoms with E-state index in [-0.39, 0.29) is 30.4 Å². The Labute approximate surface area is 161 Å². The highest BCUT2D eigenvalue weighted by atomic mass is 16.5. The molecule has 2 unspecified atom stereocenters. The summed E-state index contributed by atoms with van der Waals surface area (Å²) in [7, 11) is 3.20. The lowest BCUT2D eigenvalue weighted by Gasteiger charge is -2.31. The van der Waals surface area contributed by atoms with Crippen LogP contribution in [0.25, 0.3) is 0 Å². The maximum absolute atomic E-state index is 12.5. The first-order valence-corrected chi connectivity index (χ1v) is 9.38. The number of carbonyl (C=O) groups excluding carboxylic acids is 2. The first kappa shape index (κ1) is 21.0. The van der Waals surface area contributed by atoms with Crippen molar-refractivity contribution in [1.82, 2.24) is 10.2 Å². The first-order chi connectivity index (χ1) is 13.0. The van der Waals surface area contributed by atoms with E-state index in [1.165, 1.54) is 0 Å². The molecule has 2 rings (SSSR count). The van der Waals surface area contributed by atoms with E-state index >= 15 is 0 Å². The summed E-state index contributed by atoms with van der Waals surface area (Å²) in [6, 6.07) is 5.28. The molecule has 0 spiro atoms. The molecule has 1 aromatic rings. The van der Waals surface area contributed by atoms with Gasteiger partial charge in [-0.15, -0.1) is 0 Å². The van der Waals surface area contributed by atoms with Gasteiger partial charge in [0, 0.05) is 12.1 Å². The van der Waals surface area contributed by atoms with Gasteiger partial charge in [0.15, 0.2) is 0 Å². The Kier molecular flexibility index (Phi) is 7.91. The fourth-order valence-corrected chi connectivity index (χ4v) is 3.40. The summed E-state index contributed by atoms with van der Waals surface area (Å²) in [6.45, 7) is 5.72. The fraction of sp³-hybridized carbons (Fsp3) is 0.600. The molecule has 7 nitrogen and oxygen atoms in total. The van der Waals surface area contributed by atoms with Crippen LogP contribution in [-0.4, -0.2) is 57.2 Å². The monoisotopic (exact) mass is 378 g/mol. The Balaban J connectivity index is 1.94. The third-order valence-electron chi connectivity index (χ3n) is 4.77. The van der Waals surface area contributed by atoms with Crippen molar-refractivity contribution in [1.29, 1.82) is 0 Å². The Morgan fingerprint density at radius 3 is 2.74 bits per heavy atom. The van der Waals surface area contributed by atoms with E-state index in [1.54, 1.807) is 21.1 Å². The van der Waals surface area contributed by atoms with Crippen LogP contribution in [-0.2, 0) is 14.3 Å². The highest BCUT2D eigenvalue weighted by molar-refractivity contribution is 5.79. The van der Waals surface area contributed by atoms with Crippen molar-refractivity contribution < 1.29 is 23.8 Å². The predicted octanol–water partition coefficient (Wildman–Crippen LogP) is 2.16. The van der Waals surface area contributed by atoms with Gasteiger partial charge < -0.3 is 19.5 Å². The number of hydrogen-bond donors (Lipinski definition) is 1. The molecule has 0 saturated carbocycles. The molecule has 0 aliphatic carbocycles. The molecule has 27 heavy (non-hydrogen) atoms. The van der Waals surface area contributed by atoms with Gasteiger partial charge in [-0.3, -0.25) is 14.5 Å². The number of methoxy groups -OCH3 is 2. The molecule has 1 amide bonds. The van der Waals surface area contributed by atoms with Crippen molar-refractivity contribution in [3.8, 4) is 11.5 Å². The van der Waals surface area contributed by atoms with Gasteiger partial charge in [-0.2, -0.15) is 0 Å². The molecule has 1 aliphatic rings. The zero-order valence-corrected chi connectivity index (χ0v) is 16.6. The minimum absolute atomic E-state index is 0.0862. The van der Waals surface area contributed by atoms with Crippen LogP contribution in [0.15, 0.2) is 18.2 Å². The average molecular weight is 378 g/mol. The molecule has 1 fully saturated rings. The second-order valence-electron chi connectivity index (χ2n) is 6.72. The summed E-state index contributed by atoms with van der Waals surface area (Å²) in [5, 5.41) is 3.01. The lowest BCUT2D eigenvalue weighted by atomic mass is 9.98. The summed E-state index contributed by atoms with van der Waals surface area (Å²) >= 11 is 0. The summed E-state index contributed by atoms with van der Waals surface area (Å²) in [5.41, 5.74) is 0.855. The number of nitrogens with one attached hydrogen (secondary N) is 1. The van der Waals surface area contributed by atoms with E-state index in [4.69, 9.17) is 14.2 Å². The largest absolute Gasteiger partial charge is 0.497 e. The van der Waals surface area contributed by atoms with E-state index in [1.807, 2.05) is 30.0 Å². The van der Waals surface area contributed by atoms with Crippen molar-refractivity contribution in [3.63, 3.8) is 0 Å². The Morgan fingerprint density at radius 2 is 2.07 bits per heavy atom. The second-order valence-corrected chi connectivity index (χ2v) is 6.72. The lowest BCUT2D eigenvalue weighted by molar-refractivity contribution is -0.150. The summed E-state index contributed by atoms with van der Waals surface area (Å²) < 4.78 is 15.8. The third kappa shape index (κ3) is 5.85. The van der Waals surface area contributed by atoms with Crippen molar-refractivity contribution in [2.45, 2.75) is 32.7 Å². The lowest BCUT2D eigenvalue weighted by Crippen LogP contribution is -2.45. The number of carbonyl (C=O) groups is 2. The maximum atomic E-state index is 12.5. The van der Waals surface area contributed by atoms with E-state index in [9.17, 15) is 9.59 Å². The molecule has 7 heteroatoms. The van der Waals surface area contributed by atoms with Gasteiger partial charge in [0.05, 0.1) is 39.3 Å². The molecule has 150 valence electrons. The number of amides is 1. The van der Waals surface area contributed by atoms with Crippen LogP contribution in [0.1, 0.15) is 38.3 Å². The first-order valence-electron chi connectivity index (χ1n) is 9.38. The number of likely N-dealkylation sites (tertiary alicyclic amines) is 1. The zero-order valence-electron chi connectivity index (χ0n) is 16.6. The third-order valence-corrected chi connectivity index (χ3v) is 4.77. The van der Waals surface area contributed by atoms with Gasteiger partial charge in [0.2, 0.25) is 5.91 Å².